The number of aromatic nitrogens is 6. The van der Waals surface area contributed by atoms with Gasteiger partial charge in [-0.05, 0) is 25.1 Å². The summed E-state index contributed by atoms with van der Waals surface area (Å²) in [5, 5.41) is 8.82. The normalized spacial score (nSPS) is 12.6. The molecule has 4 rings (SSSR count). The van der Waals surface area contributed by atoms with Gasteiger partial charge in [0.1, 0.15) is 11.9 Å². The summed E-state index contributed by atoms with van der Waals surface area (Å²) in [5.41, 5.74) is 2.40. The van der Waals surface area contributed by atoms with Crippen molar-refractivity contribution in [3.05, 3.63) is 70.8 Å². The monoisotopic (exact) mass is 340 g/mol. The summed E-state index contributed by atoms with van der Waals surface area (Å²) in [6.07, 6.45) is 8.58. The third kappa shape index (κ3) is 2.39. The minimum absolute atomic E-state index is 0.190. The second kappa shape index (κ2) is 5.61. The van der Waals surface area contributed by atoms with E-state index in [-0.39, 0.29) is 11.7 Å². The van der Waals surface area contributed by atoms with Crippen molar-refractivity contribution in [3.8, 4) is 11.3 Å². The average Bonchev–Trinajstić information content (AvgIpc) is 3.23. The predicted octanol–water partition coefficient (Wildman–Crippen LogP) is 2.47. The van der Waals surface area contributed by atoms with Gasteiger partial charge in [0.2, 0.25) is 0 Å². The maximum absolute atomic E-state index is 12.1. The van der Waals surface area contributed by atoms with Crippen LogP contribution in [0.25, 0.3) is 16.8 Å². The standard InChI is InChI=1S/C16H13ClN6O/c1-11(22-6-4-12(17)7-16(22)24)23-9-14(19-20-23)13-3-2-5-21-10-18-8-15(13)21/h2-11H,1H3. The van der Waals surface area contributed by atoms with Crippen molar-refractivity contribution in [1.82, 2.24) is 28.9 Å². The Morgan fingerprint density at radius 2 is 2.12 bits per heavy atom. The van der Waals surface area contributed by atoms with Gasteiger partial charge in [0.15, 0.2) is 0 Å². The van der Waals surface area contributed by atoms with E-state index in [1.54, 1.807) is 34.0 Å². The molecule has 4 aromatic rings. The lowest BCUT2D eigenvalue weighted by Crippen LogP contribution is -2.26. The van der Waals surface area contributed by atoms with Crippen LogP contribution in [-0.4, -0.2) is 28.9 Å². The molecule has 0 bridgehead atoms. The largest absolute Gasteiger partial charge is 0.306 e. The number of fused-ring (bicyclic) bond motifs is 1. The summed E-state index contributed by atoms with van der Waals surface area (Å²) in [4.78, 5) is 16.2. The summed E-state index contributed by atoms with van der Waals surface area (Å²) in [6.45, 7) is 1.87. The van der Waals surface area contributed by atoms with Crippen LogP contribution in [0.3, 0.4) is 0 Å². The van der Waals surface area contributed by atoms with E-state index in [1.165, 1.54) is 6.07 Å². The van der Waals surface area contributed by atoms with Crippen molar-refractivity contribution in [2.45, 2.75) is 13.1 Å². The maximum atomic E-state index is 12.1. The van der Waals surface area contributed by atoms with Crippen LogP contribution in [0, 0.1) is 0 Å². The van der Waals surface area contributed by atoms with Crippen molar-refractivity contribution in [3.63, 3.8) is 0 Å². The van der Waals surface area contributed by atoms with Crippen LogP contribution in [-0.2, 0) is 0 Å². The van der Waals surface area contributed by atoms with Crippen molar-refractivity contribution >= 4 is 17.1 Å². The number of nitrogens with zero attached hydrogens (tertiary/aromatic N) is 6. The second-order valence-electron chi connectivity index (χ2n) is 5.41. The van der Waals surface area contributed by atoms with E-state index in [1.807, 2.05) is 35.9 Å². The molecule has 0 radical (unpaired) electrons. The maximum Gasteiger partial charge on any atom is 0.253 e. The smallest absolute Gasteiger partial charge is 0.253 e. The van der Waals surface area contributed by atoms with Gasteiger partial charge in [0.25, 0.3) is 5.56 Å². The van der Waals surface area contributed by atoms with Crippen LogP contribution in [0.4, 0.5) is 0 Å². The molecule has 0 aliphatic heterocycles. The number of halogens is 1. The van der Waals surface area contributed by atoms with Gasteiger partial charge in [0, 0.05) is 29.0 Å². The van der Waals surface area contributed by atoms with Gasteiger partial charge in [0.05, 0.1) is 24.2 Å². The van der Waals surface area contributed by atoms with Crippen LogP contribution in [0.5, 0.6) is 0 Å². The molecule has 0 aromatic carbocycles. The number of hydrogen-bond acceptors (Lipinski definition) is 4. The van der Waals surface area contributed by atoms with Gasteiger partial charge in [-0.15, -0.1) is 5.10 Å². The molecule has 1 unspecified atom stereocenters. The van der Waals surface area contributed by atoms with E-state index in [4.69, 9.17) is 11.6 Å². The highest BCUT2D eigenvalue weighted by Gasteiger charge is 2.14. The molecule has 0 aliphatic carbocycles. The van der Waals surface area contributed by atoms with Crippen molar-refractivity contribution in [2.75, 3.05) is 0 Å². The Labute approximate surface area is 141 Å². The minimum atomic E-state index is -0.319. The van der Waals surface area contributed by atoms with Gasteiger partial charge in [-0.25, -0.2) is 9.67 Å². The highest BCUT2D eigenvalue weighted by atomic mass is 35.5. The molecule has 0 aliphatic rings. The highest BCUT2D eigenvalue weighted by Crippen LogP contribution is 2.22. The molecular formula is C16H13ClN6O. The Morgan fingerprint density at radius 3 is 2.96 bits per heavy atom. The molecule has 0 saturated heterocycles. The second-order valence-corrected chi connectivity index (χ2v) is 5.85. The lowest BCUT2D eigenvalue weighted by Gasteiger charge is -2.14. The first kappa shape index (κ1) is 14.6. The average molecular weight is 341 g/mol. The molecule has 4 heterocycles. The van der Waals surface area contributed by atoms with Crippen molar-refractivity contribution in [1.29, 1.82) is 0 Å². The van der Waals surface area contributed by atoms with E-state index in [0.717, 1.165) is 16.8 Å². The fourth-order valence-electron chi connectivity index (χ4n) is 2.65. The minimum Gasteiger partial charge on any atom is -0.306 e. The Kier molecular flexibility index (Phi) is 3.42. The Hall–Kier alpha value is -2.93. The van der Waals surface area contributed by atoms with Crippen LogP contribution in [0.15, 0.2) is 60.2 Å². The van der Waals surface area contributed by atoms with Gasteiger partial charge in [-0.1, -0.05) is 16.8 Å². The first-order chi connectivity index (χ1) is 11.6. The molecule has 4 aromatic heterocycles. The van der Waals surface area contributed by atoms with Crippen LogP contribution in [0.2, 0.25) is 5.02 Å². The third-order valence-corrected chi connectivity index (χ3v) is 4.17. The first-order valence-electron chi connectivity index (χ1n) is 7.34. The summed E-state index contributed by atoms with van der Waals surface area (Å²) in [5.74, 6) is 0. The van der Waals surface area contributed by atoms with E-state index >= 15 is 0 Å². The lowest BCUT2D eigenvalue weighted by molar-refractivity contribution is 0.405. The van der Waals surface area contributed by atoms with Crippen LogP contribution < -0.4 is 5.56 Å². The predicted molar refractivity (Wildman–Crippen MR) is 90.0 cm³/mol. The Bertz CT molecular complexity index is 1080. The molecule has 120 valence electrons. The van der Waals surface area contributed by atoms with E-state index in [9.17, 15) is 4.79 Å². The van der Waals surface area contributed by atoms with Crippen molar-refractivity contribution < 1.29 is 0 Å². The van der Waals surface area contributed by atoms with E-state index in [0.29, 0.717) is 5.02 Å². The van der Waals surface area contributed by atoms with Gasteiger partial charge in [-0.3, -0.25) is 9.36 Å². The fourth-order valence-corrected chi connectivity index (χ4v) is 2.80. The molecule has 0 amide bonds. The molecule has 7 nitrogen and oxygen atoms in total. The Balaban J connectivity index is 1.75. The van der Waals surface area contributed by atoms with Crippen LogP contribution >= 0.6 is 11.6 Å². The Morgan fingerprint density at radius 1 is 1.25 bits per heavy atom. The zero-order valence-corrected chi connectivity index (χ0v) is 13.5. The molecule has 8 heteroatoms. The summed E-state index contributed by atoms with van der Waals surface area (Å²) in [7, 11) is 0. The molecule has 0 spiro atoms. The third-order valence-electron chi connectivity index (χ3n) is 3.93. The zero-order valence-electron chi connectivity index (χ0n) is 12.7. The molecule has 24 heavy (non-hydrogen) atoms. The lowest BCUT2D eigenvalue weighted by atomic mass is 10.2. The number of rotatable bonds is 3. The zero-order chi connectivity index (χ0) is 16.7. The summed E-state index contributed by atoms with van der Waals surface area (Å²) >= 11 is 5.84. The molecular weight excluding hydrogens is 328 g/mol. The van der Waals surface area contributed by atoms with Crippen molar-refractivity contribution in [2.24, 2.45) is 0 Å². The fraction of sp³-hybridized carbons (Fsp3) is 0.125. The number of pyridine rings is 2. The van der Waals surface area contributed by atoms with Gasteiger partial charge in [-0.2, -0.15) is 0 Å². The van der Waals surface area contributed by atoms with Crippen LogP contribution in [0.1, 0.15) is 13.1 Å². The molecule has 0 N–H and O–H groups in total. The number of hydrogen-bond donors (Lipinski definition) is 0. The molecule has 1 atom stereocenters. The SMILES string of the molecule is CC(n1cc(-c2cccn3cncc23)nn1)n1ccc(Cl)cc1=O. The number of imidazole rings is 1. The highest BCUT2D eigenvalue weighted by molar-refractivity contribution is 6.30. The molecule has 0 fully saturated rings. The van der Waals surface area contributed by atoms with Gasteiger partial charge >= 0.3 is 0 Å². The summed E-state index contributed by atoms with van der Waals surface area (Å²) < 4.78 is 5.11. The molecule has 0 saturated carbocycles. The summed E-state index contributed by atoms with van der Waals surface area (Å²) in [6, 6.07) is 6.94. The van der Waals surface area contributed by atoms with E-state index < -0.39 is 0 Å². The quantitative estimate of drug-likeness (QED) is 0.574. The first-order valence-corrected chi connectivity index (χ1v) is 7.72. The van der Waals surface area contributed by atoms with E-state index in [2.05, 4.69) is 15.3 Å². The topological polar surface area (TPSA) is 70.0 Å². The van der Waals surface area contributed by atoms with Gasteiger partial charge < -0.3 is 4.40 Å².